The maximum atomic E-state index is 12.6. The second-order valence-electron chi connectivity index (χ2n) is 2.69. The van der Waals surface area contributed by atoms with Crippen molar-refractivity contribution in [1.29, 1.82) is 5.26 Å². The normalized spacial score (nSPS) is 10.1. The van der Waals surface area contributed by atoms with E-state index in [1.165, 1.54) is 6.07 Å². The Labute approximate surface area is 84.3 Å². The van der Waals surface area contributed by atoms with Gasteiger partial charge in [0, 0.05) is 18.3 Å². The molecule has 0 aliphatic rings. The Kier molecular flexibility index (Phi) is 3.42. The molecule has 0 spiro atoms. The first kappa shape index (κ1) is 11.2. The summed E-state index contributed by atoms with van der Waals surface area (Å²) in [4.78, 5) is 14.2. The number of pyridine rings is 1. The van der Waals surface area contributed by atoms with Crippen LogP contribution in [0.1, 0.15) is 33.6 Å². The molecule has 0 aliphatic heterocycles. The highest BCUT2D eigenvalue weighted by atomic mass is 19.3. The molecule has 4 nitrogen and oxygen atoms in total. The number of alkyl halides is 2. The van der Waals surface area contributed by atoms with Gasteiger partial charge in [0.05, 0.1) is 5.56 Å². The van der Waals surface area contributed by atoms with Gasteiger partial charge >= 0.3 is 0 Å². The Hall–Kier alpha value is -1.87. The van der Waals surface area contributed by atoms with E-state index in [-0.39, 0.29) is 24.0 Å². The molecule has 78 valence electrons. The third-order valence-corrected chi connectivity index (χ3v) is 1.90. The molecular weight excluding hydrogens is 204 g/mol. The summed E-state index contributed by atoms with van der Waals surface area (Å²) in [6, 6.07) is 1.51. The zero-order valence-corrected chi connectivity index (χ0v) is 7.58. The fourth-order valence-corrected chi connectivity index (χ4v) is 1.19. The van der Waals surface area contributed by atoms with Gasteiger partial charge < -0.3 is 5.73 Å². The van der Waals surface area contributed by atoms with Crippen LogP contribution in [0.3, 0.4) is 0 Å². The van der Waals surface area contributed by atoms with Crippen molar-refractivity contribution in [2.45, 2.75) is 13.0 Å². The number of aldehydes is 1. The average molecular weight is 211 g/mol. The molecule has 1 aromatic heterocycles. The summed E-state index contributed by atoms with van der Waals surface area (Å²) >= 11 is 0. The fraction of sp³-hybridized carbons (Fsp3) is 0.222. The van der Waals surface area contributed by atoms with E-state index in [2.05, 4.69) is 4.98 Å². The largest absolute Gasteiger partial charge is 0.326 e. The number of rotatable bonds is 3. The van der Waals surface area contributed by atoms with Gasteiger partial charge in [-0.3, -0.25) is 4.79 Å². The highest BCUT2D eigenvalue weighted by Crippen LogP contribution is 2.26. The van der Waals surface area contributed by atoms with Gasteiger partial charge in [-0.1, -0.05) is 0 Å². The van der Waals surface area contributed by atoms with E-state index in [4.69, 9.17) is 11.0 Å². The summed E-state index contributed by atoms with van der Waals surface area (Å²) in [7, 11) is 0. The van der Waals surface area contributed by atoms with E-state index in [0.29, 0.717) is 0 Å². The Morgan fingerprint density at radius 3 is 2.73 bits per heavy atom. The van der Waals surface area contributed by atoms with E-state index in [9.17, 15) is 13.6 Å². The molecule has 0 saturated heterocycles. The van der Waals surface area contributed by atoms with Crippen LogP contribution >= 0.6 is 0 Å². The van der Waals surface area contributed by atoms with Crippen molar-refractivity contribution in [2.75, 3.05) is 0 Å². The van der Waals surface area contributed by atoms with Gasteiger partial charge in [0.2, 0.25) is 0 Å². The maximum Gasteiger partial charge on any atom is 0.267 e. The predicted molar refractivity (Wildman–Crippen MR) is 47.2 cm³/mol. The van der Waals surface area contributed by atoms with Crippen molar-refractivity contribution in [1.82, 2.24) is 4.98 Å². The lowest BCUT2D eigenvalue weighted by molar-refractivity contribution is 0.110. The minimum Gasteiger partial charge on any atom is -0.326 e. The van der Waals surface area contributed by atoms with Crippen molar-refractivity contribution in [2.24, 2.45) is 5.73 Å². The average Bonchev–Trinajstić information content (AvgIpc) is 2.26. The number of nitriles is 1. The molecule has 1 heterocycles. The number of carbonyl (C=O) groups excluding carboxylic acids is 1. The summed E-state index contributed by atoms with van der Waals surface area (Å²) < 4.78 is 25.2. The Morgan fingerprint density at radius 1 is 1.67 bits per heavy atom. The first-order valence-corrected chi connectivity index (χ1v) is 4.01. The van der Waals surface area contributed by atoms with Gasteiger partial charge in [-0.25, -0.2) is 13.8 Å². The maximum absolute atomic E-state index is 12.6. The Bertz CT molecular complexity index is 426. The van der Waals surface area contributed by atoms with E-state index in [0.717, 1.165) is 6.20 Å². The van der Waals surface area contributed by atoms with Gasteiger partial charge in [0.15, 0.2) is 6.29 Å². The van der Waals surface area contributed by atoms with Crippen LogP contribution in [-0.2, 0) is 6.54 Å². The summed E-state index contributed by atoms with van der Waals surface area (Å²) in [5.41, 5.74) is 4.15. The second kappa shape index (κ2) is 4.57. The quantitative estimate of drug-likeness (QED) is 0.761. The molecule has 6 heteroatoms. The molecule has 1 aromatic rings. The Morgan fingerprint density at radius 2 is 2.33 bits per heavy atom. The van der Waals surface area contributed by atoms with Gasteiger partial charge in [-0.15, -0.1) is 0 Å². The standard InChI is InChI=1S/C9H7F2N3O/c10-9(11)8-6(4-15)5(1-12)3-14-7(8)2-13/h3-4,9H,1,12H2. The van der Waals surface area contributed by atoms with Crippen molar-refractivity contribution in [3.63, 3.8) is 0 Å². The van der Waals surface area contributed by atoms with E-state index >= 15 is 0 Å². The Balaban J connectivity index is 3.53. The fourth-order valence-electron chi connectivity index (χ4n) is 1.19. The lowest BCUT2D eigenvalue weighted by Gasteiger charge is -2.08. The summed E-state index contributed by atoms with van der Waals surface area (Å²) in [6.07, 6.45) is -1.49. The van der Waals surface area contributed by atoms with Gasteiger partial charge in [0.25, 0.3) is 6.43 Å². The second-order valence-corrected chi connectivity index (χ2v) is 2.69. The zero-order valence-electron chi connectivity index (χ0n) is 7.58. The summed E-state index contributed by atoms with van der Waals surface area (Å²) in [5.74, 6) is 0. The number of aromatic nitrogens is 1. The van der Waals surface area contributed by atoms with Crippen LogP contribution in [0.5, 0.6) is 0 Å². The van der Waals surface area contributed by atoms with Crippen molar-refractivity contribution in [3.8, 4) is 6.07 Å². The SMILES string of the molecule is N#Cc1ncc(CN)c(C=O)c1C(F)F. The molecular formula is C9H7F2N3O. The first-order valence-electron chi connectivity index (χ1n) is 4.01. The number of hydrogen-bond donors (Lipinski definition) is 1. The highest BCUT2D eigenvalue weighted by molar-refractivity contribution is 5.80. The van der Waals surface area contributed by atoms with E-state index < -0.39 is 17.7 Å². The highest BCUT2D eigenvalue weighted by Gasteiger charge is 2.21. The molecule has 2 N–H and O–H groups in total. The minimum atomic E-state index is -2.92. The van der Waals surface area contributed by atoms with E-state index in [1.54, 1.807) is 0 Å². The number of halogens is 2. The van der Waals surface area contributed by atoms with Crippen LogP contribution in [0, 0.1) is 11.3 Å². The molecule has 15 heavy (non-hydrogen) atoms. The van der Waals surface area contributed by atoms with Crippen molar-refractivity contribution < 1.29 is 13.6 Å². The van der Waals surface area contributed by atoms with Crippen LogP contribution in [-0.4, -0.2) is 11.3 Å². The van der Waals surface area contributed by atoms with Gasteiger partial charge in [-0.2, -0.15) is 5.26 Å². The molecule has 0 bridgehead atoms. The minimum absolute atomic E-state index is 0.0769. The topological polar surface area (TPSA) is 79.8 Å². The molecule has 0 aromatic carbocycles. The molecule has 1 rings (SSSR count). The first-order chi connectivity index (χ1) is 7.15. The molecule has 0 amide bonds. The molecule has 0 saturated carbocycles. The van der Waals surface area contributed by atoms with Crippen LogP contribution in [0.2, 0.25) is 0 Å². The molecule has 0 radical (unpaired) electrons. The van der Waals surface area contributed by atoms with Gasteiger partial charge in [0.1, 0.15) is 11.8 Å². The molecule has 0 aliphatic carbocycles. The smallest absolute Gasteiger partial charge is 0.267 e. The lowest BCUT2D eigenvalue weighted by atomic mass is 10.0. The van der Waals surface area contributed by atoms with Crippen LogP contribution < -0.4 is 5.73 Å². The van der Waals surface area contributed by atoms with Crippen LogP contribution in [0.25, 0.3) is 0 Å². The monoisotopic (exact) mass is 211 g/mol. The third kappa shape index (κ3) is 1.97. The lowest BCUT2D eigenvalue weighted by Crippen LogP contribution is -2.08. The predicted octanol–water partition coefficient (Wildman–Crippen LogP) is 1.16. The summed E-state index contributed by atoms with van der Waals surface area (Å²) in [6.45, 7) is -0.0769. The van der Waals surface area contributed by atoms with Crippen molar-refractivity contribution >= 4 is 6.29 Å². The molecule has 0 fully saturated rings. The summed E-state index contributed by atoms with van der Waals surface area (Å²) in [5, 5.41) is 8.56. The third-order valence-electron chi connectivity index (χ3n) is 1.90. The van der Waals surface area contributed by atoms with E-state index in [1.807, 2.05) is 0 Å². The number of nitrogens with two attached hydrogens (primary N) is 1. The molecule has 0 unspecified atom stereocenters. The number of hydrogen-bond acceptors (Lipinski definition) is 4. The molecule has 0 atom stereocenters. The van der Waals surface area contributed by atoms with Crippen molar-refractivity contribution in [3.05, 3.63) is 28.6 Å². The number of nitrogens with zero attached hydrogens (tertiary/aromatic N) is 2. The zero-order chi connectivity index (χ0) is 11.4. The van der Waals surface area contributed by atoms with Gasteiger partial charge in [-0.05, 0) is 5.56 Å². The number of carbonyl (C=O) groups is 1. The van der Waals surface area contributed by atoms with Crippen LogP contribution in [0.15, 0.2) is 6.20 Å². The van der Waals surface area contributed by atoms with Crippen LogP contribution in [0.4, 0.5) is 8.78 Å².